The van der Waals surface area contributed by atoms with Crippen molar-refractivity contribution in [2.75, 3.05) is 0 Å². The summed E-state index contributed by atoms with van der Waals surface area (Å²) >= 11 is 0. The van der Waals surface area contributed by atoms with E-state index in [1.165, 1.54) is 277 Å². The smallest absolute Gasteiger partial charge is 0.175 e. The maximum atomic E-state index is 5.30. The zero-order valence-corrected chi connectivity index (χ0v) is 98.9. The largest absolute Gasteiger partial charge is 0.331 e. The van der Waals surface area contributed by atoms with Crippen LogP contribution in [-0.4, -0.2) is 96.8 Å². The maximum absolute atomic E-state index is 5.30. The minimum atomic E-state index is 0.771. The Labute approximate surface area is 876 Å². The molecule has 0 radical (unpaired) electrons. The number of imidazole rings is 2. The lowest BCUT2D eigenvalue weighted by atomic mass is 9.92. The van der Waals surface area contributed by atoms with Crippen molar-refractivity contribution in [1.82, 2.24) is 96.8 Å². The normalized spacial score (nSPS) is 11.9. The van der Waals surface area contributed by atoms with Crippen LogP contribution in [0.3, 0.4) is 0 Å². The topological polar surface area (TPSA) is 194 Å². The molecule has 0 spiro atoms. The van der Waals surface area contributed by atoms with Crippen LogP contribution in [0.25, 0.3) is 145 Å². The molecule has 20 aromatic rings. The molecule has 20 rings (SSSR count). The molecular weight excluding hydrogens is 1820 g/mol. The van der Waals surface area contributed by atoms with Crippen LogP contribution in [0.15, 0.2) is 0 Å². The third-order valence-corrected chi connectivity index (χ3v) is 36.9. The third kappa shape index (κ3) is 15.2. The Morgan fingerprint density at radius 1 is 0.149 bits per heavy atom. The van der Waals surface area contributed by atoms with Gasteiger partial charge in [0.2, 0.25) is 0 Å². The molecule has 0 saturated heterocycles. The number of rotatable bonds is 8. The highest BCUT2D eigenvalue weighted by atomic mass is 15.4. The van der Waals surface area contributed by atoms with Crippen molar-refractivity contribution in [2.24, 2.45) is 14.1 Å². The van der Waals surface area contributed by atoms with Crippen LogP contribution in [-0.2, 0) is 14.1 Å². The Kier molecular flexibility index (Phi) is 26.5. The molecule has 0 N–H and O–H groups in total. The highest BCUT2D eigenvalue weighted by Gasteiger charge is 2.34. The van der Waals surface area contributed by atoms with Crippen LogP contribution in [0.5, 0.6) is 0 Å². The molecule has 12 heterocycles. The standard InChI is InChI=1S/2C34H42N4.2C30H36N6/c1-15-17(3)21(7)31-29(19(15)5)23(9)27(13)37(31)33-25(11)36-34(26(12)35-33)38-28(14)24(10)30-20(6)16(2)18(4)22(8)32(30)38;1-15-17(3)21(7)31-29(19(15)5)23(9)26(12)37(31)33-25(11)34(36-28(14)35-33)38-27(13)24(10)30-20(6)16(2)18(4)22(8)32(30)38;1-13-15(3)23(27-29(17(13)5)35(11)21(9)33-27)25-19(7)32-26(20(8)31-25)24-16(4)14(2)18(6)30-28(24)34-22(10)36(30)12;1-13-15(3)19(7)27-25(17(13)5)21(9)33-35(27)29-23(11)32-30(24(12)31-29)36-28-20(8)16(4)14(2)18(6)26(28)22(10)34-36/h2*1-14H3;2*1-12H3. The van der Waals surface area contributed by atoms with Crippen LogP contribution in [0.2, 0.25) is 0 Å². The molecule has 0 bridgehead atoms. The van der Waals surface area contributed by atoms with E-state index in [1.807, 2.05) is 30.1 Å². The SMILES string of the molecule is Cc1nc(-c2c(C)c(C)c(C)c3c2nc(C)n3C)c(C)nc1-c1c(C)c(C)c(C)c2c1nc(C)n2C.Cc1nc(-n2c(C)c(C)c3c(C)c(C)c(C)c(C)c32)c(C)c(-n2c(C)c(C)c3c(C)c(C)c(C)c(C)c32)n1.Cc1nc(-n2c(C)c(C)c3c(C)c(C)c(C)c(C)c32)c(C)nc1-n1c(C)c(C)c2c(C)c(C)c(C)c(C)c21.Cc1nc(-n2nc(C)c3c(C)c(C)c(C)c(C)c32)c(C)nc1-n1nc(C)c2c(C)c(C)c(C)c(C)c21. The van der Waals surface area contributed by atoms with Crippen molar-refractivity contribution in [3.8, 4) is 57.4 Å². The van der Waals surface area contributed by atoms with Crippen LogP contribution in [0, 0.1) is 346 Å². The van der Waals surface area contributed by atoms with E-state index in [2.05, 4.69) is 367 Å². The second-order valence-corrected chi connectivity index (χ2v) is 44.1. The molecular formula is C128H156N20. The van der Waals surface area contributed by atoms with Crippen molar-refractivity contribution in [3.05, 3.63) is 281 Å². The summed E-state index contributed by atoms with van der Waals surface area (Å²) in [5.41, 5.74) is 74.0. The Bertz CT molecular complexity index is 8770. The van der Waals surface area contributed by atoms with E-state index in [9.17, 15) is 0 Å². The fourth-order valence-corrected chi connectivity index (χ4v) is 24.8. The molecule has 768 valence electrons. The molecule has 0 aliphatic heterocycles. The van der Waals surface area contributed by atoms with Gasteiger partial charge in [-0.15, -0.1) is 0 Å². The molecule has 20 heteroatoms. The first-order valence-electron chi connectivity index (χ1n) is 52.7. The summed E-state index contributed by atoms with van der Waals surface area (Å²) in [7, 11) is 4.18. The van der Waals surface area contributed by atoms with Gasteiger partial charge in [-0.25, -0.2) is 59.2 Å². The van der Waals surface area contributed by atoms with Gasteiger partial charge in [0, 0.05) is 85.9 Å². The molecule has 0 atom stereocenters. The van der Waals surface area contributed by atoms with Crippen molar-refractivity contribution < 1.29 is 0 Å². The second kappa shape index (κ2) is 37.1. The van der Waals surface area contributed by atoms with Crippen LogP contribution in [0.4, 0.5) is 0 Å². The first-order chi connectivity index (χ1) is 69.2. The second-order valence-electron chi connectivity index (χ2n) is 44.1. The average Bonchev–Trinajstić information content (AvgIpc) is 1.55. The lowest BCUT2D eigenvalue weighted by Gasteiger charge is -2.20. The molecule has 12 aromatic heterocycles. The van der Waals surface area contributed by atoms with Gasteiger partial charge >= 0.3 is 0 Å². The van der Waals surface area contributed by atoms with Crippen molar-refractivity contribution >= 4 is 87.5 Å². The zero-order valence-electron chi connectivity index (χ0n) is 98.9. The lowest BCUT2D eigenvalue weighted by molar-refractivity contribution is 0.785. The summed E-state index contributed by atoms with van der Waals surface area (Å²) in [4.78, 5) is 51.4. The lowest BCUT2D eigenvalue weighted by Crippen LogP contribution is -2.13. The summed E-state index contributed by atoms with van der Waals surface area (Å²) in [5, 5.41) is 17.8. The number of aromatic nitrogens is 20. The van der Waals surface area contributed by atoms with Gasteiger partial charge in [0.15, 0.2) is 23.3 Å². The van der Waals surface area contributed by atoms with Gasteiger partial charge in [-0.1, -0.05) is 0 Å². The predicted molar refractivity (Wildman–Crippen MR) is 621 cm³/mol. The number of fused-ring (bicyclic) bond motifs is 8. The highest BCUT2D eigenvalue weighted by Crippen LogP contribution is 2.48. The summed E-state index contributed by atoms with van der Waals surface area (Å²) in [6.07, 6.45) is 0. The van der Waals surface area contributed by atoms with Crippen LogP contribution < -0.4 is 0 Å². The highest BCUT2D eigenvalue weighted by molar-refractivity contribution is 6.03. The van der Waals surface area contributed by atoms with Gasteiger partial charge < -0.3 is 9.13 Å². The Hall–Kier alpha value is -13.9. The molecule has 0 amide bonds. The fourth-order valence-electron chi connectivity index (χ4n) is 24.8. The number of aryl methyl sites for hydroxylation is 31. The van der Waals surface area contributed by atoms with Crippen LogP contribution >= 0.6 is 0 Å². The minimum Gasteiger partial charge on any atom is -0.331 e. The third-order valence-electron chi connectivity index (χ3n) is 36.9. The predicted octanol–water partition coefficient (Wildman–Crippen LogP) is 30.9. The van der Waals surface area contributed by atoms with Crippen molar-refractivity contribution in [1.29, 1.82) is 0 Å². The van der Waals surface area contributed by atoms with Gasteiger partial charge in [0.25, 0.3) is 0 Å². The molecule has 0 aliphatic carbocycles. The van der Waals surface area contributed by atoms with E-state index in [0.717, 1.165) is 148 Å². The van der Waals surface area contributed by atoms with Crippen molar-refractivity contribution in [3.63, 3.8) is 0 Å². The van der Waals surface area contributed by atoms with E-state index in [1.54, 1.807) is 0 Å². The Balaban J connectivity index is 0.000000135. The minimum absolute atomic E-state index is 0.771. The number of benzene rings is 8. The Morgan fingerprint density at radius 3 is 0.622 bits per heavy atom. The van der Waals surface area contributed by atoms with E-state index in [4.69, 9.17) is 60.0 Å². The molecule has 20 nitrogen and oxygen atoms in total. The van der Waals surface area contributed by atoms with Gasteiger partial charge in [-0.3, -0.25) is 18.3 Å². The Morgan fingerprint density at radius 2 is 0.358 bits per heavy atom. The van der Waals surface area contributed by atoms with E-state index in [0.29, 0.717) is 0 Å². The number of nitrogens with zero attached hydrogens (tertiary/aromatic N) is 20. The molecule has 148 heavy (non-hydrogen) atoms. The molecule has 0 fully saturated rings. The molecule has 0 aliphatic rings. The quantitative estimate of drug-likeness (QED) is 0.140. The summed E-state index contributed by atoms with van der Waals surface area (Å²) in [5.74, 6) is 8.14. The molecule has 0 unspecified atom stereocenters. The van der Waals surface area contributed by atoms with E-state index >= 15 is 0 Å². The van der Waals surface area contributed by atoms with E-state index < -0.39 is 0 Å². The fraction of sp³-hybridized carbons (Fsp3) is 0.406. The zero-order chi connectivity index (χ0) is 109. The number of hydrogen-bond donors (Lipinski definition) is 0. The number of hydrogen-bond acceptors (Lipinski definition) is 12. The molecule has 0 saturated carbocycles. The molecule has 8 aromatic carbocycles. The van der Waals surface area contributed by atoms with Crippen molar-refractivity contribution in [2.45, 2.75) is 346 Å². The first kappa shape index (κ1) is 105. The summed E-state index contributed by atoms with van der Waals surface area (Å²) in [6, 6.07) is 0. The summed E-state index contributed by atoms with van der Waals surface area (Å²) < 4.78 is 17.9. The van der Waals surface area contributed by atoms with E-state index in [-0.39, 0.29) is 0 Å². The van der Waals surface area contributed by atoms with Gasteiger partial charge in [-0.05, 0) is 535 Å². The van der Waals surface area contributed by atoms with Crippen LogP contribution in [0.1, 0.15) is 281 Å². The monoisotopic (exact) mass is 1970 g/mol. The van der Waals surface area contributed by atoms with Gasteiger partial charge in [0.05, 0.1) is 112 Å². The first-order valence-corrected chi connectivity index (χ1v) is 52.7. The summed E-state index contributed by atoms with van der Waals surface area (Å²) in [6.45, 7) is 109. The average molecular weight is 1970 g/mol. The maximum Gasteiger partial charge on any atom is 0.175 e. The van der Waals surface area contributed by atoms with Gasteiger partial charge in [0.1, 0.15) is 29.1 Å². The van der Waals surface area contributed by atoms with Gasteiger partial charge in [-0.2, -0.15) is 10.2 Å².